The van der Waals surface area contributed by atoms with Gasteiger partial charge in [-0.15, -0.1) is 11.8 Å². The Labute approximate surface area is 197 Å². The van der Waals surface area contributed by atoms with E-state index < -0.39 is 6.10 Å². The lowest BCUT2D eigenvalue weighted by Crippen LogP contribution is -2.35. The Hall–Kier alpha value is -3.17. The van der Waals surface area contributed by atoms with Crippen molar-refractivity contribution in [2.75, 3.05) is 27.4 Å². The first-order chi connectivity index (χ1) is 15.9. The summed E-state index contributed by atoms with van der Waals surface area (Å²) in [7, 11) is 3.05. The second-order valence-electron chi connectivity index (χ2n) is 7.25. The first-order valence-corrected chi connectivity index (χ1v) is 11.4. The fraction of sp³-hybridized carbons (Fsp3) is 0.333. The number of amides is 1. The number of ether oxygens (including phenoxy) is 3. The molecular formula is C24H28N2O6S. The smallest absolute Gasteiger partial charge is 0.252 e. The number of benzene rings is 2. The van der Waals surface area contributed by atoms with Gasteiger partial charge >= 0.3 is 0 Å². The minimum Gasteiger partial charge on any atom is -0.493 e. The van der Waals surface area contributed by atoms with Crippen molar-refractivity contribution >= 4 is 17.7 Å². The number of carbonyl (C=O) groups excluding carboxylic acids is 1. The normalized spacial score (nSPS) is 11.7. The van der Waals surface area contributed by atoms with Gasteiger partial charge in [0.05, 0.1) is 25.5 Å². The van der Waals surface area contributed by atoms with Gasteiger partial charge in [0.1, 0.15) is 18.5 Å². The van der Waals surface area contributed by atoms with Crippen molar-refractivity contribution in [3.63, 3.8) is 0 Å². The van der Waals surface area contributed by atoms with Gasteiger partial charge < -0.3 is 29.2 Å². The van der Waals surface area contributed by atoms with E-state index >= 15 is 0 Å². The molecule has 0 radical (unpaired) electrons. The highest BCUT2D eigenvalue weighted by atomic mass is 32.2. The minimum atomic E-state index is -0.925. The van der Waals surface area contributed by atoms with Gasteiger partial charge in [-0.3, -0.25) is 4.79 Å². The molecule has 2 aromatic carbocycles. The van der Waals surface area contributed by atoms with Crippen molar-refractivity contribution in [1.29, 1.82) is 0 Å². The lowest BCUT2D eigenvalue weighted by atomic mass is 10.2. The molecule has 176 valence electrons. The van der Waals surface area contributed by atoms with Crippen LogP contribution in [0.1, 0.15) is 27.4 Å². The Morgan fingerprint density at radius 2 is 1.82 bits per heavy atom. The van der Waals surface area contributed by atoms with E-state index in [4.69, 9.17) is 18.7 Å². The molecule has 0 saturated heterocycles. The number of aromatic nitrogens is 1. The summed E-state index contributed by atoms with van der Waals surface area (Å²) in [5, 5.41) is 17.1. The van der Waals surface area contributed by atoms with Gasteiger partial charge in [0.2, 0.25) is 5.75 Å². The highest BCUT2D eigenvalue weighted by Gasteiger charge is 2.17. The number of aliphatic hydroxyl groups is 1. The van der Waals surface area contributed by atoms with E-state index in [1.807, 2.05) is 32.0 Å². The number of aliphatic hydroxyl groups excluding tert-OH is 1. The first kappa shape index (κ1) is 24.5. The maximum absolute atomic E-state index is 12.8. The van der Waals surface area contributed by atoms with E-state index in [1.54, 1.807) is 24.3 Å². The van der Waals surface area contributed by atoms with E-state index in [-0.39, 0.29) is 19.1 Å². The van der Waals surface area contributed by atoms with Gasteiger partial charge in [-0.25, -0.2) is 0 Å². The lowest BCUT2D eigenvalue weighted by molar-refractivity contribution is 0.0831. The quantitative estimate of drug-likeness (QED) is 0.407. The largest absolute Gasteiger partial charge is 0.493 e. The highest BCUT2D eigenvalue weighted by Crippen LogP contribution is 2.36. The third-order valence-corrected chi connectivity index (χ3v) is 6.09. The molecule has 0 aliphatic carbocycles. The molecule has 0 bridgehead atoms. The molecule has 9 heteroatoms. The monoisotopic (exact) mass is 472 g/mol. The average molecular weight is 473 g/mol. The Kier molecular flexibility index (Phi) is 8.62. The molecule has 1 heterocycles. The van der Waals surface area contributed by atoms with E-state index in [2.05, 4.69) is 10.5 Å². The van der Waals surface area contributed by atoms with Gasteiger partial charge in [-0.1, -0.05) is 23.4 Å². The van der Waals surface area contributed by atoms with Crippen LogP contribution in [-0.2, 0) is 5.75 Å². The molecule has 3 rings (SSSR count). The molecule has 0 fully saturated rings. The number of rotatable bonds is 11. The number of thioether (sulfide) groups is 1. The zero-order valence-electron chi connectivity index (χ0n) is 19.1. The maximum Gasteiger partial charge on any atom is 0.252 e. The Morgan fingerprint density at radius 3 is 2.45 bits per heavy atom. The maximum atomic E-state index is 12.8. The third kappa shape index (κ3) is 6.21. The van der Waals surface area contributed by atoms with Crippen LogP contribution in [-0.4, -0.2) is 49.6 Å². The topological polar surface area (TPSA) is 103 Å². The molecular weight excluding hydrogens is 444 g/mol. The van der Waals surface area contributed by atoms with Crippen molar-refractivity contribution in [3.8, 4) is 17.2 Å². The van der Waals surface area contributed by atoms with Crippen molar-refractivity contribution in [2.45, 2.75) is 30.6 Å². The van der Waals surface area contributed by atoms with E-state index in [1.165, 1.54) is 26.0 Å². The summed E-state index contributed by atoms with van der Waals surface area (Å²) in [4.78, 5) is 13.6. The lowest BCUT2D eigenvalue weighted by Gasteiger charge is -2.17. The number of nitrogens with one attached hydrogen (secondary N) is 1. The third-order valence-electron chi connectivity index (χ3n) is 4.99. The summed E-state index contributed by atoms with van der Waals surface area (Å²) in [6.07, 6.45) is -0.925. The number of nitrogens with zero attached hydrogens (tertiary/aromatic N) is 1. The molecule has 2 N–H and O–H groups in total. The zero-order valence-corrected chi connectivity index (χ0v) is 19.9. The zero-order chi connectivity index (χ0) is 23.8. The van der Waals surface area contributed by atoms with Gasteiger partial charge in [-0.2, -0.15) is 0 Å². The summed E-state index contributed by atoms with van der Waals surface area (Å²) in [6, 6.07) is 12.6. The van der Waals surface area contributed by atoms with Crippen molar-refractivity contribution in [1.82, 2.24) is 10.5 Å². The predicted octanol–water partition coefficient (Wildman–Crippen LogP) is 3.77. The van der Waals surface area contributed by atoms with Crippen molar-refractivity contribution in [2.24, 2.45) is 0 Å². The number of para-hydroxylation sites is 1. The van der Waals surface area contributed by atoms with Crippen LogP contribution in [0.4, 0.5) is 0 Å². The molecule has 1 atom stereocenters. The molecule has 0 aliphatic heterocycles. The number of methoxy groups -OCH3 is 2. The van der Waals surface area contributed by atoms with Crippen LogP contribution in [0.25, 0.3) is 0 Å². The molecule has 1 amide bonds. The summed E-state index contributed by atoms with van der Waals surface area (Å²) < 4.78 is 21.5. The SMILES string of the molecule is COc1cccc(OC)c1OCC(O)CNC(=O)c1ccccc1SCc1c(C)noc1C. The van der Waals surface area contributed by atoms with E-state index in [9.17, 15) is 9.90 Å². The molecule has 33 heavy (non-hydrogen) atoms. The van der Waals surface area contributed by atoms with Gasteiger partial charge in [0, 0.05) is 22.8 Å². The second kappa shape index (κ2) is 11.6. The fourth-order valence-electron chi connectivity index (χ4n) is 3.14. The van der Waals surface area contributed by atoms with E-state index in [0.717, 1.165) is 21.9 Å². The Bertz CT molecular complexity index is 1040. The molecule has 3 aromatic rings. The molecule has 0 spiro atoms. The molecule has 0 saturated carbocycles. The van der Waals surface area contributed by atoms with Gasteiger partial charge in [0.15, 0.2) is 11.5 Å². The van der Waals surface area contributed by atoms with Crippen LogP contribution in [0.2, 0.25) is 0 Å². The summed E-state index contributed by atoms with van der Waals surface area (Å²) in [6.45, 7) is 3.76. The van der Waals surface area contributed by atoms with Crippen LogP contribution in [0.15, 0.2) is 51.9 Å². The standard InChI is InChI=1S/C24H28N2O6S/c1-15-19(16(2)32-26-15)14-33-22-11-6-5-8-18(22)24(28)25-12-17(27)13-31-23-20(29-3)9-7-10-21(23)30-4/h5-11,17,27H,12-14H2,1-4H3,(H,25,28). The van der Waals surface area contributed by atoms with Crippen LogP contribution in [0, 0.1) is 13.8 Å². The van der Waals surface area contributed by atoms with Gasteiger partial charge in [-0.05, 0) is 38.1 Å². The number of carbonyl (C=O) groups is 1. The second-order valence-corrected chi connectivity index (χ2v) is 8.27. The van der Waals surface area contributed by atoms with Crippen LogP contribution in [0.3, 0.4) is 0 Å². The molecule has 0 aliphatic rings. The fourth-order valence-corrected chi connectivity index (χ4v) is 4.34. The summed E-state index contributed by atoms with van der Waals surface area (Å²) >= 11 is 1.54. The highest BCUT2D eigenvalue weighted by molar-refractivity contribution is 7.98. The summed E-state index contributed by atoms with van der Waals surface area (Å²) in [5.74, 6) is 2.53. The molecule has 1 unspecified atom stereocenters. The number of hydrogen-bond acceptors (Lipinski definition) is 8. The van der Waals surface area contributed by atoms with Crippen LogP contribution >= 0.6 is 11.8 Å². The van der Waals surface area contributed by atoms with Crippen LogP contribution in [0.5, 0.6) is 17.2 Å². The summed E-state index contributed by atoms with van der Waals surface area (Å²) in [5.41, 5.74) is 2.40. The predicted molar refractivity (Wildman–Crippen MR) is 125 cm³/mol. The number of aryl methyl sites for hydroxylation is 2. The molecule has 8 nitrogen and oxygen atoms in total. The van der Waals surface area contributed by atoms with Gasteiger partial charge in [0.25, 0.3) is 5.91 Å². The number of hydrogen-bond donors (Lipinski definition) is 2. The Balaban J connectivity index is 1.57. The van der Waals surface area contributed by atoms with Crippen LogP contribution < -0.4 is 19.5 Å². The average Bonchev–Trinajstić information content (AvgIpc) is 3.16. The first-order valence-electron chi connectivity index (χ1n) is 10.4. The molecule has 1 aromatic heterocycles. The van der Waals surface area contributed by atoms with Crippen molar-refractivity contribution in [3.05, 3.63) is 65.0 Å². The van der Waals surface area contributed by atoms with E-state index in [0.29, 0.717) is 28.6 Å². The minimum absolute atomic E-state index is 0.0270. The van der Waals surface area contributed by atoms with Crippen molar-refractivity contribution < 1.29 is 28.6 Å². The Morgan fingerprint density at radius 1 is 1.12 bits per heavy atom.